The molecule has 0 amide bonds. The van der Waals surface area contributed by atoms with Gasteiger partial charge in [-0.3, -0.25) is 0 Å². The molecule has 2 aromatic rings. The summed E-state index contributed by atoms with van der Waals surface area (Å²) in [7, 11) is 1.61. The molecule has 0 aliphatic rings. The van der Waals surface area contributed by atoms with Crippen molar-refractivity contribution in [1.29, 1.82) is 0 Å². The lowest BCUT2D eigenvalue weighted by Gasteiger charge is -2.12. The van der Waals surface area contributed by atoms with Crippen molar-refractivity contribution < 1.29 is 9.13 Å². The van der Waals surface area contributed by atoms with Crippen molar-refractivity contribution in [1.82, 2.24) is 0 Å². The van der Waals surface area contributed by atoms with Crippen LogP contribution < -0.4 is 4.74 Å². The first-order valence-electron chi connectivity index (χ1n) is 5.82. The fraction of sp³-hybridized carbons (Fsp3) is 0.200. The molecule has 0 N–H and O–H groups in total. The number of methoxy groups -OCH3 is 1. The Hall–Kier alpha value is -1.25. The lowest BCUT2D eigenvalue weighted by atomic mass is 10.0. The summed E-state index contributed by atoms with van der Waals surface area (Å²) >= 11 is 12.1. The van der Waals surface area contributed by atoms with Crippen LogP contribution in [0.4, 0.5) is 4.39 Å². The summed E-state index contributed by atoms with van der Waals surface area (Å²) in [5, 5.41) is 0.0125. The SMILES string of the molecule is COc1cccc(CC(Cl)c2cc(Cl)ccc2F)c1. The number of hydrogen-bond acceptors (Lipinski definition) is 1. The van der Waals surface area contributed by atoms with Crippen LogP contribution in [0.1, 0.15) is 16.5 Å². The van der Waals surface area contributed by atoms with E-state index in [0.717, 1.165) is 11.3 Å². The average molecular weight is 299 g/mol. The molecule has 19 heavy (non-hydrogen) atoms. The van der Waals surface area contributed by atoms with Crippen LogP contribution >= 0.6 is 23.2 Å². The third kappa shape index (κ3) is 3.62. The van der Waals surface area contributed by atoms with Gasteiger partial charge in [0.05, 0.1) is 12.5 Å². The molecule has 2 aromatic carbocycles. The fourth-order valence-corrected chi connectivity index (χ4v) is 2.40. The highest BCUT2D eigenvalue weighted by Crippen LogP contribution is 2.30. The van der Waals surface area contributed by atoms with Crippen LogP contribution in [-0.4, -0.2) is 7.11 Å². The van der Waals surface area contributed by atoms with Crippen LogP contribution in [0.2, 0.25) is 5.02 Å². The van der Waals surface area contributed by atoms with Gasteiger partial charge in [-0.25, -0.2) is 4.39 Å². The van der Waals surface area contributed by atoms with E-state index in [0.29, 0.717) is 17.0 Å². The Balaban J connectivity index is 2.20. The van der Waals surface area contributed by atoms with E-state index < -0.39 is 5.38 Å². The minimum atomic E-state index is -0.467. The number of rotatable bonds is 4. The second-order valence-corrected chi connectivity index (χ2v) is 5.15. The summed E-state index contributed by atoms with van der Waals surface area (Å²) in [5.74, 6) is 0.417. The lowest BCUT2D eigenvalue weighted by Crippen LogP contribution is -1.99. The number of halogens is 3. The van der Waals surface area contributed by atoms with Crippen molar-refractivity contribution in [2.75, 3.05) is 7.11 Å². The standard InChI is InChI=1S/C15H13Cl2FO/c1-19-12-4-2-3-10(7-12)8-14(17)13-9-11(16)5-6-15(13)18/h2-7,9,14H,8H2,1H3. The Bertz CT molecular complexity index is 572. The highest BCUT2D eigenvalue weighted by molar-refractivity contribution is 6.30. The minimum absolute atomic E-state index is 0.340. The zero-order chi connectivity index (χ0) is 13.8. The van der Waals surface area contributed by atoms with Gasteiger partial charge in [-0.1, -0.05) is 23.7 Å². The maximum Gasteiger partial charge on any atom is 0.128 e. The minimum Gasteiger partial charge on any atom is -0.497 e. The van der Waals surface area contributed by atoms with Crippen LogP contribution in [0, 0.1) is 5.82 Å². The van der Waals surface area contributed by atoms with Crippen LogP contribution in [0.5, 0.6) is 5.75 Å². The van der Waals surface area contributed by atoms with E-state index in [1.54, 1.807) is 13.2 Å². The highest BCUT2D eigenvalue weighted by Gasteiger charge is 2.14. The summed E-state index contributed by atoms with van der Waals surface area (Å²) in [6, 6.07) is 12.0. The van der Waals surface area contributed by atoms with Gasteiger partial charge in [-0.2, -0.15) is 0 Å². The Labute approximate surface area is 121 Å². The highest BCUT2D eigenvalue weighted by atomic mass is 35.5. The van der Waals surface area contributed by atoms with Gasteiger partial charge in [0, 0.05) is 10.6 Å². The maximum atomic E-state index is 13.7. The summed E-state index contributed by atoms with van der Waals surface area (Å²) in [4.78, 5) is 0. The molecule has 2 rings (SSSR count). The smallest absolute Gasteiger partial charge is 0.128 e. The van der Waals surface area contributed by atoms with E-state index in [1.165, 1.54) is 12.1 Å². The van der Waals surface area contributed by atoms with Crippen molar-refractivity contribution in [3.8, 4) is 5.75 Å². The molecule has 4 heteroatoms. The monoisotopic (exact) mass is 298 g/mol. The third-order valence-corrected chi connectivity index (χ3v) is 3.47. The molecule has 1 atom stereocenters. The Morgan fingerprint density at radius 3 is 2.74 bits per heavy atom. The molecule has 0 aliphatic carbocycles. The lowest BCUT2D eigenvalue weighted by molar-refractivity contribution is 0.414. The van der Waals surface area contributed by atoms with E-state index >= 15 is 0 Å². The molecule has 0 saturated carbocycles. The zero-order valence-electron chi connectivity index (χ0n) is 10.4. The van der Waals surface area contributed by atoms with Gasteiger partial charge in [-0.15, -0.1) is 11.6 Å². The van der Waals surface area contributed by atoms with Gasteiger partial charge in [0.1, 0.15) is 11.6 Å². The van der Waals surface area contributed by atoms with Crippen LogP contribution in [-0.2, 0) is 6.42 Å². The second kappa shape index (κ2) is 6.27. The van der Waals surface area contributed by atoms with Crippen molar-refractivity contribution in [2.45, 2.75) is 11.8 Å². The van der Waals surface area contributed by atoms with E-state index in [2.05, 4.69) is 0 Å². The Morgan fingerprint density at radius 2 is 2.00 bits per heavy atom. The molecule has 0 aromatic heterocycles. The quantitative estimate of drug-likeness (QED) is 0.721. The van der Waals surface area contributed by atoms with E-state index in [4.69, 9.17) is 27.9 Å². The Morgan fingerprint density at radius 1 is 1.21 bits per heavy atom. The van der Waals surface area contributed by atoms with Gasteiger partial charge >= 0.3 is 0 Å². The summed E-state index contributed by atoms with van der Waals surface area (Å²) < 4.78 is 18.8. The summed E-state index contributed by atoms with van der Waals surface area (Å²) in [6.45, 7) is 0. The molecule has 0 fully saturated rings. The molecule has 0 saturated heterocycles. The van der Waals surface area contributed by atoms with E-state index in [1.807, 2.05) is 24.3 Å². The molecule has 1 unspecified atom stereocenters. The van der Waals surface area contributed by atoms with Gasteiger partial charge < -0.3 is 4.74 Å². The average Bonchev–Trinajstić information content (AvgIpc) is 2.41. The number of alkyl halides is 1. The van der Waals surface area contributed by atoms with Crippen molar-refractivity contribution in [3.63, 3.8) is 0 Å². The maximum absolute atomic E-state index is 13.7. The first-order valence-corrected chi connectivity index (χ1v) is 6.63. The molecule has 0 spiro atoms. The van der Waals surface area contributed by atoms with Crippen LogP contribution in [0.15, 0.2) is 42.5 Å². The predicted octanol–water partition coefficient (Wildman–Crippen LogP) is 5.01. The zero-order valence-corrected chi connectivity index (χ0v) is 11.9. The van der Waals surface area contributed by atoms with Crippen LogP contribution in [0.3, 0.4) is 0 Å². The normalized spacial score (nSPS) is 12.2. The molecule has 100 valence electrons. The molecule has 1 nitrogen and oxygen atoms in total. The van der Waals surface area contributed by atoms with Gasteiger partial charge in [0.15, 0.2) is 0 Å². The molecular formula is C15H13Cl2FO. The Kier molecular flexibility index (Phi) is 4.67. The molecule has 0 bridgehead atoms. The largest absolute Gasteiger partial charge is 0.497 e. The third-order valence-electron chi connectivity index (χ3n) is 2.84. The van der Waals surface area contributed by atoms with Crippen molar-refractivity contribution in [3.05, 3.63) is 64.4 Å². The molecule has 0 heterocycles. The fourth-order valence-electron chi connectivity index (χ4n) is 1.87. The first-order chi connectivity index (χ1) is 9.10. The van der Waals surface area contributed by atoms with Crippen molar-refractivity contribution in [2.24, 2.45) is 0 Å². The molecule has 0 aliphatic heterocycles. The molecular weight excluding hydrogens is 286 g/mol. The summed E-state index contributed by atoms with van der Waals surface area (Å²) in [6.07, 6.45) is 0.510. The van der Waals surface area contributed by atoms with Crippen molar-refractivity contribution >= 4 is 23.2 Å². The summed E-state index contributed by atoms with van der Waals surface area (Å²) in [5.41, 5.74) is 1.40. The van der Waals surface area contributed by atoms with E-state index in [-0.39, 0.29) is 5.82 Å². The number of benzene rings is 2. The van der Waals surface area contributed by atoms with Gasteiger partial charge in [0.2, 0.25) is 0 Å². The second-order valence-electron chi connectivity index (χ2n) is 4.19. The molecule has 0 radical (unpaired) electrons. The predicted molar refractivity (Wildman–Crippen MR) is 76.7 cm³/mol. The number of hydrogen-bond donors (Lipinski definition) is 0. The first kappa shape index (κ1) is 14.2. The van der Waals surface area contributed by atoms with Crippen LogP contribution in [0.25, 0.3) is 0 Å². The topological polar surface area (TPSA) is 9.23 Å². The van der Waals surface area contributed by atoms with E-state index in [9.17, 15) is 4.39 Å². The number of ether oxygens (including phenoxy) is 1. The van der Waals surface area contributed by atoms with Gasteiger partial charge in [0.25, 0.3) is 0 Å². The van der Waals surface area contributed by atoms with Gasteiger partial charge in [-0.05, 0) is 42.3 Å².